The number of hydrogen-bond acceptors (Lipinski definition) is 3. The maximum atomic E-state index is 13.0. The van der Waals surface area contributed by atoms with Crippen molar-refractivity contribution in [2.75, 3.05) is 13.1 Å². The summed E-state index contributed by atoms with van der Waals surface area (Å²) in [6.45, 7) is 7.07. The third-order valence-corrected chi connectivity index (χ3v) is 7.44. The first kappa shape index (κ1) is 21.5. The average Bonchev–Trinajstić information content (AvgIpc) is 3.00. The van der Waals surface area contributed by atoms with E-state index in [4.69, 9.17) is 0 Å². The van der Waals surface area contributed by atoms with Crippen molar-refractivity contribution < 1.29 is 13.2 Å². The summed E-state index contributed by atoms with van der Waals surface area (Å²) in [5.41, 5.74) is 3.67. The van der Waals surface area contributed by atoms with Crippen LogP contribution < -0.4 is 5.32 Å². The molecule has 1 N–H and O–H groups in total. The van der Waals surface area contributed by atoms with E-state index in [1.54, 1.807) is 22.5 Å². The lowest BCUT2D eigenvalue weighted by Crippen LogP contribution is -2.32. The number of rotatable bonds is 5. The van der Waals surface area contributed by atoms with Gasteiger partial charge in [0.1, 0.15) is 0 Å². The second-order valence-electron chi connectivity index (χ2n) is 7.90. The Morgan fingerprint density at radius 1 is 1.00 bits per heavy atom. The zero-order chi connectivity index (χ0) is 21.0. The highest BCUT2D eigenvalue weighted by atomic mass is 32.2. The Labute approximate surface area is 174 Å². The number of amides is 1. The van der Waals surface area contributed by atoms with Crippen LogP contribution in [0.5, 0.6) is 0 Å². The minimum Gasteiger partial charge on any atom is -0.346 e. The van der Waals surface area contributed by atoms with Crippen LogP contribution >= 0.6 is 0 Å². The molecule has 1 amide bonds. The fourth-order valence-corrected chi connectivity index (χ4v) is 5.38. The molecule has 1 aliphatic rings. The minimum absolute atomic E-state index is 0.173. The van der Waals surface area contributed by atoms with Gasteiger partial charge in [-0.2, -0.15) is 4.31 Å². The van der Waals surface area contributed by atoms with Crippen LogP contribution in [0, 0.1) is 13.8 Å². The van der Waals surface area contributed by atoms with Gasteiger partial charge in [0.25, 0.3) is 5.91 Å². The fourth-order valence-electron chi connectivity index (χ4n) is 3.81. The number of nitrogens with zero attached hydrogens (tertiary/aromatic N) is 1. The first-order chi connectivity index (χ1) is 13.8. The Hall–Kier alpha value is -2.18. The van der Waals surface area contributed by atoms with Crippen LogP contribution in [-0.4, -0.2) is 31.7 Å². The molecule has 0 unspecified atom stereocenters. The molecule has 3 rings (SSSR count). The number of carbonyl (C=O) groups excluding carboxylic acids is 1. The van der Waals surface area contributed by atoms with E-state index in [2.05, 4.69) is 11.4 Å². The second-order valence-corrected chi connectivity index (χ2v) is 9.84. The molecule has 0 saturated carbocycles. The van der Waals surface area contributed by atoms with E-state index in [1.165, 1.54) is 6.07 Å². The van der Waals surface area contributed by atoms with E-state index < -0.39 is 10.0 Å². The summed E-state index contributed by atoms with van der Waals surface area (Å²) in [4.78, 5) is 13.0. The van der Waals surface area contributed by atoms with Gasteiger partial charge in [-0.1, -0.05) is 42.7 Å². The van der Waals surface area contributed by atoms with E-state index in [0.717, 1.165) is 42.4 Å². The van der Waals surface area contributed by atoms with Crippen molar-refractivity contribution >= 4 is 15.9 Å². The molecular weight excluding hydrogens is 384 g/mol. The summed E-state index contributed by atoms with van der Waals surface area (Å²) in [6, 6.07) is 12.4. The highest BCUT2D eigenvalue weighted by molar-refractivity contribution is 7.89. The van der Waals surface area contributed by atoms with Crippen molar-refractivity contribution in [1.82, 2.24) is 9.62 Å². The number of aryl methyl sites for hydroxylation is 2. The van der Waals surface area contributed by atoms with Gasteiger partial charge in [0.15, 0.2) is 0 Å². The van der Waals surface area contributed by atoms with E-state index in [9.17, 15) is 13.2 Å². The molecule has 0 radical (unpaired) electrons. The molecule has 2 aromatic rings. The van der Waals surface area contributed by atoms with Gasteiger partial charge in [-0.3, -0.25) is 4.79 Å². The second kappa shape index (κ2) is 9.09. The first-order valence-corrected chi connectivity index (χ1v) is 11.7. The Bertz CT molecular complexity index is 977. The lowest BCUT2D eigenvalue weighted by atomic mass is 10.00. The molecular formula is C23H30N2O3S. The maximum absolute atomic E-state index is 13.0. The molecule has 0 aliphatic carbocycles. The fraction of sp³-hybridized carbons (Fsp3) is 0.435. The zero-order valence-corrected chi connectivity index (χ0v) is 18.3. The normalized spacial score (nSPS) is 16.8. The molecule has 0 spiro atoms. The molecule has 6 heteroatoms. The third-order valence-electron chi connectivity index (χ3n) is 5.55. The largest absolute Gasteiger partial charge is 0.346 e. The minimum atomic E-state index is -3.58. The topological polar surface area (TPSA) is 66.5 Å². The van der Waals surface area contributed by atoms with Gasteiger partial charge in [0, 0.05) is 18.7 Å². The highest BCUT2D eigenvalue weighted by Crippen LogP contribution is 2.22. The molecule has 1 atom stereocenters. The monoisotopic (exact) mass is 414 g/mol. The summed E-state index contributed by atoms with van der Waals surface area (Å²) >= 11 is 0. The predicted octanol–water partition coefficient (Wildman–Crippen LogP) is 4.36. The van der Waals surface area contributed by atoms with Crippen LogP contribution in [0.3, 0.4) is 0 Å². The lowest BCUT2D eigenvalue weighted by molar-refractivity contribution is 0.0939. The molecule has 0 aromatic heterocycles. The first-order valence-electron chi connectivity index (χ1n) is 10.3. The number of sulfonamides is 1. The lowest BCUT2D eigenvalue weighted by Gasteiger charge is -2.21. The predicted molar refractivity (Wildman–Crippen MR) is 115 cm³/mol. The van der Waals surface area contributed by atoms with Gasteiger partial charge in [0.05, 0.1) is 10.9 Å². The molecule has 29 heavy (non-hydrogen) atoms. The van der Waals surface area contributed by atoms with Crippen LogP contribution in [-0.2, 0) is 10.0 Å². The standard InChI is InChI=1S/C23H30N2O3S/c1-17-11-12-18(2)22(15-17)19(3)24-23(26)20-9-8-10-21(16-20)29(27,28)25-13-6-4-5-7-14-25/h8-12,15-16,19H,4-7,13-14H2,1-3H3,(H,24,26)/t19-/m1/s1. The van der Waals surface area contributed by atoms with Gasteiger partial charge in [-0.25, -0.2) is 8.42 Å². The molecule has 2 aromatic carbocycles. The van der Waals surface area contributed by atoms with Gasteiger partial charge in [-0.15, -0.1) is 0 Å². The number of benzene rings is 2. The van der Waals surface area contributed by atoms with E-state index >= 15 is 0 Å². The molecule has 1 fully saturated rings. The summed E-state index contributed by atoms with van der Waals surface area (Å²) in [7, 11) is -3.58. The van der Waals surface area contributed by atoms with Gasteiger partial charge >= 0.3 is 0 Å². The van der Waals surface area contributed by atoms with Gasteiger partial charge in [0.2, 0.25) is 10.0 Å². The maximum Gasteiger partial charge on any atom is 0.251 e. The molecule has 1 heterocycles. The van der Waals surface area contributed by atoms with Gasteiger partial charge in [-0.05, 0) is 62.9 Å². The Morgan fingerprint density at radius 3 is 2.38 bits per heavy atom. The quantitative estimate of drug-likeness (QED) is 0.790. The van der Waals surface area contributed by atoms with E-state index in [0.29, 0.717) is 18.7 Å². The molecule has 1 aliphatic heterocycles. The summed E-state index contributed by atoms with van der Waals surface area (Å²) in [5.74, 6) is -0.272. The summed E-state index contributed by atoms with van der Waals surface area (Å²) in [6.07, 6.45) is 3.88. The Morgan fingerprint density at radius 2 is 1.69 bits per heavy atom. The van der Waals surface area contributed by atoms with Crippen LogP contribution in [0.4, 0.5) is 0 Å². The van der Waals surface area contributed by atoms with Crippen LogP contribution in [0.1, 0.15) is 65.7 Å². The summed E-state index contributed by atoms with van der Waals surface area (Å²) < 4.78 is 27.6. The van der Waals surface area contributed by atoms with Crippen molar-refractivity contribution in [3.63, 3.8) is 0 Å². The third kappa shape index (κ3) is 5.06. The van der Waals surface area contributed by atoms with Crippen molar-refractivity contribution in [2.45, 2.75) is 57.4 Å². The number of nitrogens with one attached hydrogen (secondary N) is 1. The van der Waals surface area contributed by atoms with Crippen LogP contribution in [0.2, 0.25) is 0 Å². The van der Waals surface area contributed by atoms with Gasteiger partial charge < -0.3 is 5.32 Å². The molecule has 0 bridgehead atoms. The Balaban J connectivity index is 1.79. The van der Waals surface area contributed by atoms with Crippen molar-refractivity contribution in [3.8, 4) is 0 Å². The Kier molecular flexibility index (Phi) is 6.75. The summed E-state index contributed by atoms with van der Waals surface area (Å²) in [5, 5.41) is 3.00. The number of hydrogen-bond donors (Lipinski definition) is 1. The van der Waals surface area contributed by atoms with Crippen molar-refractivity contribution in [2.24, 2.45) is 0 Å². The smallest absolute Gasteiger partial charge is 0.251 e. The van der Waals surface area contributed by atoms with E-state index in [-0.39, 0.29) is 16.8 Å². The van der Waals surface area contributed by atoms with Crippen LogP contribution in [0.25, 0.3) is 0 Å². The SMILES string of the molecule is Cc1ccc(C)c([C@@H](C)NC(=O)c2cccc(S(=O)(=O)N3CCCCCC3)c2)c1. The van der Waals surface area contributed by atoms with Crippen molar-refractivity contribution in [3.05, 3.63) is 64.7 Å². The highest BCUT2D eigenvalue weighted by Gasteiger charge is 2.26. The molecule has 156 valence electrons. The number of carbonyl (C=O) groups is 1. The van der Waals surface area contributed by atoms with E-state index in [1.807, 2.05) is 32.9 Å². The average molecular weight is 415 g/mol. The molecule has 5 nitrogen and oxygen atoms in total. The van der Waals surface area contributed by atoms with Crippen LogP contribution in [0.15, 0.2) is 47.4 Å². The van der Waals surface area contributed by atoms with Crippen molar-refractivity contribution in [1.29, 1.82) is 0 Å². The zero-order valence-electron chi connectivity index (χ0n) is 17.4. The molecule has 1 saturated heterocycles.